The van der Waals surface area contributed by atoms with Gasteiger partial charge in [0.15, 0.2) is 0 Å². The molecule has 0 amide bonds. The van der Waals surface area contributed by atoms with E-state index in [-0.39, 0.29) is 4.99 Å². The number of benzene rings is 1. The summed E-state index contributed by atoms with van der Waals surface area (Å²) in [6.45, 7) is 1.74. The van der Waals surface area contributed by atoms with Crippen molar-refractivity contribution in [2.75, 3.05) is 18.5 Å². The zero-order chi connectivity index (χ0) is 14.6. The highest BCUT2D eigenvalue weighted by molar-refractivity contribution is 7.95. The lowest BCUT2D eigenvalue weighted by atomic mass is 10.3. The van der Waals surface area contributed by atoms with E-state index >= 15 is 0 Å². The predicted octanol–water partition coefficient (Wildman–Crippen LogP) is 1.53. The topological polar surface area (TPSA) is 72.6 Å². The standard InChI is InChI=1S/C12H18N2O3S2/c1-4-11(12(13)18)19(15,16)14(2)9-5-7-10(17-3)8-6-9/h5-8,11H,4H2,1-3H3,(H2,13,18). The van der Waals surface area contributed by atoms with Gasteiger partial charge >= 0.3 is 0 Å². The molecule has 0 aliphatic rings. The molecule has 0 saturated carbocycles. The van der Waals surface area contributed by atoms with Crippen LogP contribution < -0.4 is 14.8 Å². The molecular formula is C12H18N2O3S2. The van der Waals surface area contributed by atoms with E-state index in [1.165, 1.54) is 11.4 Å². The lowest BCUT2D eigenvalue weighted by Gasteiger charge is -2.24. The fraction of sp³-hybridized carbons (Fsp3) is 0.417. The van der Waals surface area contributed by atoms with Crippen molar-refractivity contribution < 1.29 is 13.2 Å². The van der Waals surface area contributed by atoms with Crippen molar-refractivity contribution in [3.8, 4) is 5.75 Å². The van der Waals surface area contributed by atoms with Gasteiger partial charge in [-0.05, 0) is 30.7 Å². The van der Waals surface area contributed by atoms with E-state index in [1.807, 2.05) is 0 Å². The molecule has 1 atom stereocenters. The number of hydrogen-bond acceptors (Lipinski definition) is 4. The maximum absolute atomic E-state index is 12.4. The molecule has 0 saturated heterocycles. The van der Waals surface area contributed by atoms with E-state index in [4.69, 9.17) is 22.7 Å². The molecule has 0 radical (unpaired) electrons. The molecule has 106 valence electrons. The fourth-order valence-electron chi connectivity index (χ4n) is 1.69. The largest absolute Gasteiger partial charge is 0.497 e. The molecule has 1 aromatic carbocycles. The van der Waals surface area contributed by atoms with E-state index < -0.39 is 15.3 Å². The lowest BCUT2D eigenvalue weighted by molar-refractivity contribution is 0.415. The molecular weight excluding hydrogens is 284 g/mol. The highest BCUT2D eigenvalue weighted by Gasteiger charge is 2.30. The molecule has 0 heterocycles. The first-order valence-corrected chi connectivity index (χ1v) is 7.66. The van der Waals surface area contributed by atoms with E-state index in [0.717, 1.165) is 0 Å². The number of rotatable bonds is 6. The van der Waals surface area contributed by atoms with Crippen LogP contribution in [0.4, 0.5) is 5.69 Å². The smallest absolute Gasteiger partial charge is 0.244 e. The van der Waals surface area contributed by atoms with Gasteiger partial charge in [-0.3, -0.25) is 4.31 Å². The van der Waals surface area contributed by atoms with Crippen molar-refractivity contribution in [3.63, 3.8) is 0 Å². The third kappa shape index (κ3) is 3.36. The highest BCUT2D eigenvalue weighted by Crippen LogP contribution is 2.23. The highest BCUT2D eigenvalue weighted by atomic mass is 32.2. The van der Waals surface area contributed by atoms with Gasteiger partial charge < -0.3 is 10.5 Å². The van der Waals surface area contributed by atoms with Gasteiger partial charge in [0, 0.05) is 7.05 Å². The average Bonchev–Trinajstić information content (AvgIpc) is 2.38. The molecule has 0 fully saturated rings. The van der Waals surface area contributed by atoms with Crippen molar-refractivity contribution in [2.45, 2.75) is 18.6 Å². The first-order chi connectivity index (χ1) is 8.84. The Bertz CT molecular complexity index is 541. The van der Waals surface area contributed by atoms with Crippen LogP contribution >= 0.6 is 12.2 Å². The van der Waals surface area contributed by atoms with Crippen molar-refractivity contribution >= 4 is 32.9 Å². The molecule has 0 bridgehead atoms. The monoisotopic (exact) mass is 302 g/mol. The fourth-order valence-corrected chi connectivity index (χ4v) is 3.73. The summed E-state index contributed by atoms with van der Waals surface area (Å²) >= 11 is 4.82. The summed E-state index contributed by atoms with van der Waals surface area (Å²) in [4.78, 5) is -0.0112. The Morgan fingerprint density at radius 2 is 1.95 bits per heavy atom. The Hall–Kier alpha value is -1.34. The Kier molecular flexibility index (Phi) is 5.13. The van der Waals surface area contributed by atoms with Gasteiger partial charge in [-0.15, -0.1) is 0 Å². The molecule has 1 aromatic rings. The Labute approximate surface area is 119 Å². The maximum Gasteiger partial charge on any atom is 0.244 e. The number of anilines is 1. The van der Waals surface area contributed by atoms with Gasteiger partial charge in [0.2, 0.25) is 10.0 Å². The van der Waals surface area contributed by atoms with Gasteiger partial charge in [0.05, 0.1) is 17.8 Å². The molecule has 7 heteroatoms. The third-order valence-corrected chi connectivity index (χ3v) is 5.58. The van der Waals surface area contributed by atoms with Crippen LogP contribution in [-0.4, -0.2) is 32.8 Å². The quantitative estimate of drug-likeness (QED) is 0.807. The number of thiocarbonyl (C=S) groups is 1. The second kappa shape index (κ2) is 6.21. The predicted molar refractivity (Wildman–Crippen MR) is 81.2 cm³/mol. The minimum Gasteiger partial charge on any atom is -0.497 e. The van der Waals surface area contributed by atoms with E-state index in [9.17, 15) is 8.42 Å². The van der Waals surface area contributed by atoms with Crippen LogP contribution in [0, 0.1) is 0 Å². The van der Waals surface area contributed by atoms with Gasteiger partial charge in [0.25, 0.3) is 0 Å². The molecule has 19 heavy (non-hydrogen) atoms. The Morgan fingerprint density at radius 1 is 1.42 bits per heavy atom. The van der Waals surface area contributed by atoms with Gasteiger partial charge in [0.1, 0.15) is 11.0 Å². The molecule has 5 nitrogen and oxygen atoms in total. The minimum absolute atomic E-state index is 0.0112. The first-order valence-electron chi connectivity index (χ1n) is 5.75. The molecule has 1 rings (SSSR count). The van der Waals surface area contributed by atoms with Crippen LogP contribution in [0.15, 0.2) is 24.3 Å². The van der Waals surface area contributed by atoms with Gasteiger partial charge in [-0.25, -0.2) is 8.42 Å². The van der Waals surface area contributed by atoms with E-state index in [2.05, 4.69) is 0 Å². The van der Waals surface area contributed by atoms with E-state index in [1.54, 1.807) is 38.3 Å². The summed E-state index contributed by atoms with van der Waals surface area (Å²) in [7, 11) is -0.561. The summed E-state index contributed by atoms with van der Waals surface area (Å²) in [5, 5.41) is -0.852. The third-order valence-electron chi connectivity index (χ3n) is 2.87. The second-order valence-corrected chi connectivity index (χ2v) is 6.63. The second-order valence-electron chi connectivity index (χ2n) is 4.01. The summed E-state index contributed by atoms with van der Waals surface area (Å²) in [6.07, 6.45) is 0.345. The number of methoxy groups -OCH3 is 1. The van der Waals surface area contributed by atoms with Crippen molar-refractivity contribution in [1.29, 1.82) is 0 Å². The summed E-state index contributed by atoms with van der Waals surface area (Å²) in [5.74, 6) is 0.663. The van der Waals surface area contributed by atoms with Crippen molar-refractivity contribution in [2.24, 2.45) is 5.73 Å². The molecule has 0 spiro atoms. The van der Waals surface area contributed by atoms with Gasteiger partial charge in [-0.2, -0.15) is 0 Å². The summed E-state index contributed by atoms with van der Waals surface area (Å²) < 4.78 is 31.0. The zero-order valence-corrected chi connectivity index (χ0v) is 12.8. The van der Waals surface area contributed by atoms with Crippen LogP contribution in [0.5, 0.6) is 5.75 Å². The summed E-state index contributed by atoms with van der Waals surface area (Å²) in [5.41, 5.74) is 6.04. The zero-order valence-electron chi connectivity index (χ0n) is 11.2. The number of ether oxygens (including phenoxy) is 1. The summed E-state index contributed by atoms with van der Waals surface area (Å²) in [6, 6.07) is 6.73. The van der Waals surface area contributed by atoms with Crippen LogP contribution in [0.3, 0.4) is 0 Å². The van der Waals surface area contributed by atoms with Crippen LogP contribution in [-0.2, 0) is 10.0 Å². The molecule has 0 aliphatic carbocycles. The molecule has 2 N–H and O–H groups in total. The number of nitrogens with zero attached hydrogens (tertiary/aromatic N) is 1. The van der Waals surface area contributed by atoms with Gasteiger partial charge in [-0.1, -0.05) is 19.1 Å². The lowest BCUT2D eigenvalue weighted by Crippen LogP contribution is -2.42. The van der Waals surface area contributed by atoms with E-state index in [0.29, 0.717) is 17.9 Å². The van der Waals surface area contributed by atoms with Crippen molar-refractivity contribution in [1.82, 2.24) is 0 Å². The van der Waals surface area contributed by atoms with Crippen LogP contribution in [0.2, 0.25) is 0 Å². The Balaban J connectivity index is 3.09. The normalized spacial score (nSPS) is 12.8. The van der Waals surface area contributed by atoms with Crippen molar-refractivity contribution in [3.05, 3.63) is 24.3 Å². The maximum atomic E-state index is 12.4. The number of hydrogen-bond donors (Lipinski definition) is 1. The Morgan fingerprint density at radius 3 is 2.32 bits per heavy atom. The SMILES string of the molecule is CCC(C(N)=S)S(=O)(=O)N(C)c1ccc(OC)cc1. The molecule has 0 aromatic heterocycles. The molecule has 0 aliphatic heterocycles. The molecule has 1 unspecified atom stereocenters. The average molecular weight is 302 g/mol. The number of sulfonamides is 1. The first kappa shape index (κ1) is 15.7. The number of nitrogens with two attached hydrogens (primary N) is 1. The van der Waals surface area contributed by atoms with Crippen LogP contribution in [0.25, 0.3) is 0 Å². The minimum atomic E-state index is -3.60. The van der Waals surface area contributed by atoms with Crippen LogP contribution in [0.1, 0.15) is 13.3 Å².